The van der Waals surface area contributed by atoms with E-state index in [2.05, 4.69) is 94.6 Å². The predicted octanol–water partition coefficient (Wildman–Crippen LogP) is 6.60. The standard InChI is InChI=1S/C38H46N2O4S2.2CH4O3S/c1-5-41-35-15-13-33(29-37(35)43-7-3)11-9-31-17-21-39(22-18-31)25-27-45-46-28-26-40-23-19-32(20-24-40)10-12-34-14-16-36(42-6-2)38(30-34)44-8-4;2*1-5(2,3)4/h9-24,29-30H,5-8,25-28H2,1-4H3;2*1H3,(H,2,3,4)/q+2;;/p-2/b11-9+,12-10+;;. The van der Waals surface area contributed by atoms with Gasteiger partial charge in [0.2, 0.25) is 0 Å². The first-order valence-electron chi connectivity index (χ1n) is 17.8. The van der Waals surface area contributed by atoms with Gasteiger partial charge in [0, 0.05) is 36.8 Å². The number of aromatic nitrogens is 2. The summed E-state index contributed by atoms with van der Waals surface area (Å²) in [5.74, 6) is 5.25. The highest BCUT2D eigenvalue weighted by atomic mass is 33.1. The highest BCUT2D eigenvalue weighted by molar-refractivity contribution is 8.76. The summed E-state index contributed by atoms with van der Waals surface area (Å²) < 4.78 is 81.8. The summed E-state index contributed by atoms with van der Waals surface area (Å²) in [4.78, 5) is 0. The molecule has 56 heavy (non-hydrogen) atoms. The number of ether oxygens (including phenoxy) is 4. The molecule has 0 aliphatic carbocycles. The minimum Gasteiger partial charge on any atom is -0.748 e. The summed E-state index contributed by atoms with van der Waals surface area (Å²) in [7, 11) is -3.99. The Hall–Kier alpha value is -4.06. The molecule has 306 valence electrons. The zero-order valence-electron chi connectivity index (χ0n) is 32.7. The molecule has 4 aromatic rings. The molecule has 0 unspecified atom stereocenters. The number of hydrogen-bond donors (Lipinski definition) is 0. The first-order valence-corrected chi connectivity index (χ1v) is 23.9. The van der Waals surface area contributed by atoms with Crippen LogP contribution in [0.4, 0.5) is 0 Å². The fourth-order valence-electron chi connectivity index (χ4n) is 4.59. The topological polar surface area (TPSA) is 159 Å². The first-order chi connectivity index (χ1) is 26.6. The maximum absolute atomic E-state index is 9.08. The normalized spacial score (nSPS) is 11.4. The van der Waals surface area contributed by atoms with Crippen molar-refractivity contribution in [2.75, 3.05) is 50.4 Å². The number of rotatable bonds is 19. The molecule has 2 aromatic heterocycles. The van der Waals surface area contributed by atoms with Crippen LogP contribution in [-0.2, 0) is 33.3 Å². The zero-order valence-corrected chi connectivity index (χ0v) is 35.9. The summed E-state index contributed by atoms with van der Waals surface area (Å²) in [5.41, 5.74) is 4.49. The molecule has 0 radical (unpaired) electrons. The Morgan fingerprint density at radius 1 is 0.500 bits per heavy atom. The number of aryl methyl sites for hydroxylation is 2. The first kappa shape index (κ1) is 48.1. The predicted molar refractivity (Wildman–Crippen MR) is 225 cm³/mol. The molecule has 0 saturated heterocycles. The molecule has 0 N–H and O–H groups in total. The molecule has 4 rings (SSSR count). The average Bonchev–Trinajstić information content (AvgIpc) is 3.13. The molecular weight excluding hydrogens is 797 g/mol. The van der Waals surface area contributed by atoms with Crippen LogP contribution < -0.4 is 28.1 Å². The fourth-order valence-corrected chi connectivity index (χ4v) is 6.55. The van der Waals surface area contributed by atoms with E-state index in [1.807, 2.05) is 73.5 Å². The second-order valence-electron chi connectivity index (χ2n) is 11.6. The molecule has 0 spiro atoms. The molecule has 16 heteroatoms. The van der Waals surface area contributed by atoms with Gasteiger partial charge in [-0.1, -0.05) is 58.0 Å². The monoisotopic (exact) mass is 848 g/mol. The lowest BCUT2D eigenvalue weighted by atomic mass is 10.1. The maximum Gasteiger partial charge on any atom is 0.169 e. The number of pyridine rings is 2. The highest BCUT2D eigenvalue weighted by Crippen LogP contribution is 2.30. The lowest BCUT2D eigenvalue weighted by Crippen LogP contribution is -2.34. The lowest BCUT2D eigenvalue weighted by molar-refractivity contribution is -0.692. The minimum absolute atomic E-state index is 0.604. The van der Waals surface area contributed by atoms with Gasteiger partial charge in [0.05, 0.1) is 58.2 Å². The van der Waals surface area contributed by atoms with Crippen LogP contribution >= 0.6 is 21.6 Å². The van der Waals surface area contributed by atoms with Crippen LogP contribution in [0.2, 0.25) is 0 Å². The quantitative estimate of drug-likeness (QED) is 0.0432. The van der Waals surface area contributed by atoms with E-state index < -0.39 is 20.2 Å². The van der Waals surface area contributed by atoms with Crippen LogP contribution in [0.15, 0.2) is 85.5 Å². The van der Waals surface area contributed by atoms with Crippen molar-refractivity contribution in [3.8, 4) is 23.0 Å². The van der Waals surface area contributed by atoms with Gasteiger partial charge in [0.15, 0.2) is 60.9 Å². The molecule has 0 fully saturated rings. The van der Waals surface area contributed by atoms with Gasteiger partial charge in [-0.25, -0.2) is 26.0 Å². The van der Waals surface area contributed by atoms with Crippen molar-refractivity contribution < 1.29 is 54.0 Å². The van der Waals surface area contributed by atoms with Crippen molar-refractivity contribution in [1.82, 2.24) is 0 Å². The van der Waals surface area contributed by atoms with E-state index in [9.17, 15) is 0 Å². The molecule has 2 heterocycles. The van der Waals surface area contributed by atoms with Crippen LogP contribution in [0.1, 0.15) is 49.9 Å². The van der Waals surface area contributed by atoms with Crippen molar-refractivity contribution in [3.63, 3.8) is 0 Å². The molecule has 12 nitrogen and oxygen atoms in total. The second-order valence-corrected chi connectivity index (χ2v) is 17.1. The SMILES string of the molecule is CCOc1ccc(/C=C/c2cc[n+](CCSSCC[n+]3ccc(/C=C/c4ccc(OCC)c(OCC)c4)cc3)cc2)cc1OCC.CS(=O)(=O)[O-].CS(=O)(=O)[O-]. The van der Waals surface area contributed by atoms with Crippen LogP contribution in [0.25, 0.3) is 24.3 Å². The van der Waals surface area contributed by atoms with Crippen LogP contribution in [0.5, 0.6) is 23.0 Å². The van der Waals surface area contributed by atoms with Gasteiger partial charge >= 0.3 is 0 Å². The Labute approximate surface area is 340 Å². The van der Waals surface area contributed by atoms with Crippen molar-refractivity contribution in [2.24, 2.45) is 0 Å². The summed E-state index contributed by atoms with van der Waals surface area (Å²) >= 11 is 0. The summed E-state index contributed by atoms with van der Waals surface area (Å²) in [6.07, 6.45) is 18.3. The van der Waals surface area contributed by atoms with E-state index in [4.69, 9.17) is 44.9 Å². The number of hydrogen-bond acceptors (Lipinski definition) is 12. The van der Waals surface area contributed by atoms with E-state index in [-0.39, 0.29) is 0 Å². The third-order valence-corrected chi connectivity index (χ3v) is 9.22. The number of nitrogens with zero attached hydrogens (tertiary/aromatic N) is 2. The fraction of sp³-hybridized carbons (Fsp3) is 0.350. The summed E-state index contributed by atoms with van der Waals surface area (Å²) in [6, 6.07) is 20.7. The van der Waals surface area contributed by atoms with E-state index in [1.54, 1.807) is 0 Å². The van der Waals surface area contributed by atoms with Crippen LogP contribution in [0.3, 0.4) is 0 Å². The van der Waals surface area contributed by atoms with Crippen molar-refractivity contribution in [2.45, 2.75) is 40.8 Å². The largest absolute Gasteiger partial charge is 0.748 e. The Balaban J connectivity index is 0.000000961. The van der Waals surface area contributed by atoms with Gasteiger partial charge in [-0.3, -0.25) is 0 Å². The average molecular weight is 849 g/mol. The Morgan fingerprint density at radius 2 is 0.786 bits per heavy atom. The molecule has 0 atom stereocenters. The molecule has 0 aliphatic heterocycles. The van der Waals surface area contributed by atoms with Crippen LogP contribution in [0, 0.1) is 0 Å². The van der Waals surface area contributed by atoms with Crippen molar-refractivity contribution in [1.29, 1.82) is 0 Å². The third-order valence-electron chi connectivity index (χ3n) is 6.85. The van der Waals surface area contributed by atoms with Crippen molar-refractivity contribution in [3.05, 3.63) is 108 Å². The van der Waals surface area contributed by atoms with E-state index in [0.717, 1.165) is 69.8 Å². The summed E-state index contributed by atoms with van der Waals surface area (Å²) in [6.45, 7) is 12.3. The van der Waals surface area contributed by atoms with Gasteiger partial charge in [0.1, 0.15) is 0 Å². The minimum atomic E-state index is -3.92. The zero-order chi connectivity index (χ0) is 41.4. The molecule has 2 aromatic carbocycles. The lowest BCUT2D eigenvalue weighted by Gasteiger charge is -2.11. The van der Waals surface area contributed by atoms with E-state index >= 15 is 0 Å². The Bertz CT molecular complexity index is 1860. The molecule has 0 bridgehead atoms. The van der Waals surface area contributed by atoms with Gasteiger partial charge < -0.3 is 28.1 Å². The maximum atomic E-state index is 9.08. The molecule has 0 aliphatic rings. The van der Waals surface area contributed by atoms with Gasteiger partial charge in [-0.15, -0.1) is 0 Å². The second kappa shape index (κ2) is 26.0. The smallest absolute Gasteiger partial charge is 0.169 e. The van der Waals surface area contributed by atoms with Crippen molar-refractivity contribution >= 4 is 66.1 Å². The van der Waals surface area contributed by atoms with Crippen LogP contribution in [-0.4, -0.2) is 76.4 Å². The summed E-state index contributed by atoms with van der Waals surface area (Å²) in [5, 5.41) is 0. The Morgan fingerprint density at radius 3 is 1.09 bits per heavy atom. The molecule has 0 amide bonds. The molecular formula is C40H52N2O10S4. The van der Waals surface area contributed by atoms with Gasteiger partial charge in [-0.05, 0) is 74.2 Å². The Kier molecular flexibility index (Phi) is 22.3. The van der Waals surface area contributed by atoms with Gasteiger partial charge in [0.25, 0.3) is 0 Å². The van der Waals surface area contributed by atoms with E-state index in [0.29, 0.717) is 38.9 Å². The highest BCUT2D eigenvalue weighted by Gasteiger charge is 2.07. The van der Waals surface area contributed by atoms with E-state index in [1.165, 1.54) is 0 Å². The van der Waals surface area contributed by atoms with Gasteiger partial charge in [-0.2, -0.15) is 0 Å². The third kappa shape index (κ3) is 22.5. The molecule has 0 saturated carbocycles. The number of benzene rings is 2.